The van der Waals surface area contributed by atoms with Crippen LogP contribution in [0.1, 0.15) is 11.1 Å². The number of rotatable bonds is 2. The van der Waals surface area contributed by atoms with E-state index in [4.69, 9.17) is 9.47 Å². The summed E-state index contributed by atoms with van der Waals surface area (Å²) in [6.07, 6.45) is -0.487. The average molecular weight is 221 g/mol. The van der Waals surface area contributed by atoms with Crippen LogP contribution in [-0.4, -0.2) is 25.3 Å². The summed E-state index contributed by atoms with van der Waals surface area (Å²) in [5, 5.41) is 2.60. The van der Waals surface area contributed by atoms with Crippen molar-refractivity contribution in [3.05, 3.63) is 29.3 Å². The highest BCUT2D eigenvalue weighted by molar-refractivity contribution is 5.67. The standard InChI is InChI=1S/C12H15NO3/c1-8-3-9(2)5-10(4-8)16-11-6-13-12(14)15-7-11/h3-5,11H,6-7H2,1-2H3,(H,13,14). The van der Waals surface area contributed by atoms with E-state index < -0.39 is 0 Å². The number of benzene rings is 1. The Hall–Kier alpha value is -1.71. The third-order valence-corrected chi connectivity index (χ3v) is 2.37. The number of nitrogens with one attached hydrogen (secondary N) is 1. The van der Waals surface area contributed by atoms with Crippen LogP contribution in [0, 0.1) is 13.8 Å². The van der Waals surface area contributed by atoms with Crippen molar-refractivity contribution >= 4 is 6.09 Å². The van der Waals surface area contributed by atoms with E-state index in [2.05, 4.69) is 11.4 Å². The van der Waals surface area contributed by atoms with Crippen molar-refractivity contribution in [2.24, 2.45) is 0 Å². The second kappa shape index (κ2) is 4.43. The lowest BCUT2D eigenvalue weighted by atomic mass is 10.1. The quantitative estimate of drug-likeness (QED) is 0.828. The van der Waals surface area contributed by atoms with E-state index in [0.717, 1.165) is 16.9 Å². The van der Waals surface area contributed by atoms with Gasteiger partial charge in [0.2, 0.25) is 0 Å². The van der Waals surface area contributed by atoms with Crippen molar-refractivity contribution in [3.63, 3.8) is 0 Å². The second-order valence-electron chi connectivity index (χ2n) is 4.04. The Morgan fingerprint density at radius 2 is 2.00 bits per heavy atom. The van der Waals surface area contributed by atoms with Crippen LogP contribution in [-0.2, 0) is 4.74 Å². The van der Waals surface area contributed by atoms with Crippen molar-refractivity contribution in [2.45, 2.75) is 20.0 Å². The van der Waals surface area contributed by atoms with Crippen molar-refractivity contribution in [1.29, 1.82) is 0 Å². The number of hydrogen-bond donors (Lipinski definition) is 1. The number of cyclic esters (lactones) is 1. The molecular weight excluding hydrogens is 206 g/mol. The van der Waals surface area contributed by atoms with Gasteiger partial charge in [-0.15, -0.1) is 0 Å². The number of ether oxygens (including phenoxy) is 2. The van der Waals surface area contributed by atoms with Gasteiger partial charge in [-0.05, 0) is 37.1 Å². The van der Waals surface area contributed by atoms with Crippen LogP contribution in [0.2, 0.25) is 0 Å². The fourth-order valence-corrected chi connectivity index (χ4v) is 1.74. The Labute approximate surface area is 94.6 Å². The van der Waals surface area contributed by atoms with E-state index in [1.807, 2.05) is 26.0 Å². The highest BCUT2D eigenvalue weighted by atomic mass is 16.6. The molecule has 0 saturated carbocycles. The minimum Gasteiger partial charge on any atom is -0.485 e. The van der Waals surface area contributed by atoms with Gasteiger partial charge in [-0.2, -0.15) is 0 Å². The largest absolute Gasteiger partial charge is 0.485 e. The lowest BCUT2D eigenvalue weighted by molar-refractivity contribution is 0.0562. The van der Waals surface area contributed by atoms with Gasteiger partial charge in [-0.3, -0.25) is 0 Å². The molecule has 1 amide bonds. The minimum absolute atomic E-state index is 0.112. The van der Waals surface area contributed by atoms with Crippen molar-refractivity contribution < 1.29 is 14.3 Å². The van der Waals surface area contributed by atoms with Gasteiger partial charge in [0, 0.05) is 0 Å². The molecule has 1 aliphatic rings. The Balaban J connectivity index is 2.00. The third-order valence-electron chi connectivity index (χ3n) is 2.37. The molecule has 1 fully saturated rings. The summed E-state index contributed by atoms with van der Waals surface area (Å²) in [6, 6.07) is 6.04. The van der Waals surface area contributed by atoms with Gasteiger partial charge in [0.15, 0.2) is 6.10 Å². The molecule has 1 heterocycles. The SMILES string of the molecule is Cc1cc(C)cc(OC2CNC(=O)OC2)c1. The number of alkyl carbamates (subject to hydrolysis) is 1. The molecule has 0 radical (unpaired) electrons. The van der Waals surface area contributed by atoms with Gasteiger partial charge in [0.25, 0.3) is 0 Å². The molecule has 4 nitrogen and oxygen atoms in total. The predicted octanol–water partition coefficient (Wildman–Crippen LogP) is 1.79. The molecule has 1 N–H and O–H groups in total. The van der Waals surface area contributed by atoms with E-state index in [1.165, 1.54) is 0 Å². The Kier molecular flexibility index (Phi) is 2.99. The third kappa shape index (κ3) is 2.66. The summed E-state index contributed by atoms with van der Waals surface area (Å²) in [7, 11) is 0. The van der Waals surface area contributed by atoms with E-state index >= 15 is 0 Å². The summed E-state index contributed by atoms with van der Waals surface area (Å²) >= 11 is 0. The molecule has 86 valence electrons. The zero-order valence-electron chi connectivity index (χ0n) is 9.45. The summed E-state index contributed by atoms with van der Waals surface area (Å²) < 4.78 is 10.6. The van der Waals surface area contributed by atoms with E-state index in [0.29, 0.717) is 13.2 Å². The first-order valence-corrected chi connectivity index (χ1v) is 5.29. The predicted molar refractivity (Wildman–Crippen MR) is 59.7 cm³/mol. The Bertz CT molecular complexity index is 373. The van der Waals surface area contributed by atoms with Crippen LogP contribution in [0.3, 0.4) is 0 Å². The second-order valence-corrected chi connectivity index (χ2v) is 4.04. The molecule has 1 aromatic carbocycles. The molecule has 1 aromatic rings. The van der Waals surface area contributed by atoms with Crippen molar-refractivity contribution in [2.75, 3.05) is 13.2 Å². The molecule has 0 spiro atoms. The van der Waals surface area contributed by atoms with Crippen molar-refractivity contribution in [1.82, 2.24) is 5.32 Å². The van der Waals surface area contributed by atoms with Gasteiger partial charge < -0.3 is 14.8 Å². The highest BCUT2D eigenvalue weighted by Gasteiger charge is 2.20. The molecule has 1 aliphatic heterocycles. The summed E-state index contributed by atoms with van der Waals surface area (Å²) in [5.74, 6) is 0.822. The minimum atomic E-state index is -0.375. The first kappa shape index (κ1) is 10.8. The first-order valence-electron chi connectivity index (χ1n) is 5.29. The lowest BCUT2D eigenvalue weighted by Crippen LogP contribution is -2.45. The maximum absolute atomic E-state index is 10.8. The molecule has 2 rings (SSSR count). The maximum atomic E-state index is 10.8. The van der Waals surface area contributed by atoms with Crippen LogP contribution >= 0.6 is 0 Å². The lowest BCUT2D eigenvalue weighted by Gasteiger charge is -2.24. The molecule has 0 bridgehead atoms. The number of carbonyl (C=O) groups is 1. The van der Waals surface area contributed by atoms with Gasteiger partial charge in [-0.1, -0.05) is 6.07 Å². The van der Waals surface area contributed by atoms with E-state index in [-0.39, 0.29) is 12.2 Å². The van der Waals surface area contributed by atoms with Crippen LogP contribution < -0.4 is 10.1 Å². The molecule has 0 aliphatic carbocycles. The molecule has 4 heteroatoms. The normalized spacial score (nSPS) is 19.9. The Morgan fingerprint density at radius 3 is 2.56 bits per heavy atom. The zero-order valence-corrected chi connectivity index (χ0v) is 9.45. The van der Waals surface area contributed by atoms with Gasteiger partial charge in [-0.25, -0.2) is 4.79 Å². The molecule has 16 heavy (non-hydrogen) atoms. The first-order chi connectivity index (χ1) is 7.63. The number of carbonyl (C=O) groups excluding carboxylic acids is 1. The average Bonchev–Trinajstić information content (AvgIpc) is 2.20. The fraction of sp³-hybridized carbons (Fsp3) is 0.417. The molecule has 1 atom stereocenters. The van der Waals surface area contributed by atoms with E-state index in [9.17, 15) is 4.79 Å². The van der Waals surface area contributed by atoms with Crippen LogP contribution in [0.15, 0.2) is 18.2 Å². The summed E-state index contributed by atoms with van der Waals surface area (Å²) in [4.78, 5) is 10.8. The van der Waals surface area contributed by atoms with Crippen LogP contribution in [0.5, 0.6) is 5.75 Å². The highest BCUT2D eigenvalue weighted by Crippen LogP contribution is 2.18. The molecular formula is C12H15NO3. The number of aryl methyl sites for hydroxylation is 2. The Morgan fingerprint density at radius 1 is 1.31 bits per heavy atom. The zero-order chi connectivity index (χ0) is 11.5. The summed E-state index contributed by atoms with van der Waals surface area (Å²) in [6.45, 7) is 4.85. The molecule has 0 aromatic heterocycles. The monoisotopic (exact) mass is 221 g/mol. The number of hydrogen-bond acceptors (Lipinski definition) is 3. The van der Waals surface area contributed by atoms with Gasteiger partial charge in [0.1, 0.15) is 12.4 Å². The fourth-order valence-electron chi connectivity index (χ4n) is 1.74. The van der Waals surface area contributed by atoms with Gasteiger partial charge in [0.05, 0.1) is 6.54 Å². The van der Waals surface area contributed by atoms with E-state index in [1.54, 1.807) is 0 Å². The number of amides is 1. The van der Waals surface area contributed by atoms with Gasteiger partial charge >= 0.3 is 6.09 Å². The van der Waals surface area contributed by atoms with Crippen LogP contribution in [0.25, 0.3) is 0 Å². The van der Waals surface area contributed by atoms with Crippen LogP contribution in [0.4, 0.5) is 4.79 Å². The summed E-state index contributed by atoms with van der Waals surface area (Å²) in [5.41, 5.74) is 2.33. The topological polar surface area (TPSA) is 47.6 Å². The smallest absolute Gasteiger partial charge is 0.407 e. The van der Waals surface area contributed by atoms with Crippen molar-refractivity contribution in [3.8, 4) is 5.75 Å². The molecule has 1 unspecified atom stereocenters. The molecule has 1 saturated heterocycles. The maximum Gasteiger partial charge on any atom is 0.407 e.